The lowest BCUT2D eigenvalue weighted by Gasteiger charge is -2.18. The normalized spacial score (nSPS) is 14.5. The number of carbonyl (C=O) groups excluding carboxylic acids is 1. The molecule has 2 aromatic carbocycles. The first-order valence-corrected chi connectivity index (χ1v) is 12.0. The second-order valence-corrected chi connectivity index (χ2v) is 9.53. The molecule has 186 valence electrons. The number of rotatable bonds is 4. The molecule has 0 radical (unpaired) electrons. The highest BCUT2D eigenvalue weighted by atomic mass is 35.5. The minimum atomic E-state index is -4.88. The Balaban J connectivity index is 1.77. The molecule has 0 saturated carbocycles. The first-order chi connectivity index (χ1) is 17.1. The van der Waals surface area contributed by atoms with Crippen LogP contribution in [0.5, 0.6) is 0 Å². The smallest absolute Gasteiger partial charge is 0.285 e. The van der Waals surface area contributed by atoms with Crippen LogP contribution in [0.15, 0.2) is 48.5 Å². The van der Waals surface area contributed by atoms with E-state index in [0.717, 1.165) is 12.8 Å². The van der Waals surface area contributed by atoms with Gasteiger partial charge in [-0.3, -0.25) is 10.2 Å². The molecule has 12 heteroatoms. The second kappa shape index (κ2) is 9.55. The van der Waals surface area contributed by atoms with Crippen LogP contribution >= 0.6 is 34.8 Å². The SMILES string of the molecule is O=C(NN1CCCC1)c1cc2c(-c3ccc(Cl)cc3)n(-c3ccc(Cl)cc3Cl)nc2nc1C(F)(F)F. The predicted molar refractivity (Wildman–Crippen MR) is 133 cm³/mol. The maximum atomic E-state index is 14.0. The van der Waals surface area contributed by atoms with Crippen molar-refractivity contribution in [1.82, 2.24) is 25.2 Å². The zero-order chi connectivity index (χ0) is 25.6. The van der Waals surface area contributed by atoms with Crippen molar-refractivity contribution in [2.45, 2.75) is 19.0 Å². The van der Waals surface area contributed by atoms with E-state index in [1.54, 1.807) is 41.4 Å². The number of hydrazine groups is 1. The summed E-state index contributed by atoms with van der Waals surface area (Å²) in [7, 11) is 0. The highest BCUT2D eigenvalue weighted by molar-refractivity contribution is 6.35. The molecule has 1 amide bonds. The largest absolute Gasteiger partial charge is 0.434 e. The van der Waals surface area contributed by atoms with Gasteiger partial charge >= 0.3 is 6.18 Å². The van der Waals surface area contributed by atoms with Crippen LogP contribution in [-0.2, 0) is 6.18 Å². The molecule has 5 rings (SSSR count). The van der Waals surface area contributed by atoms with E-state index in [-0.39, 0.29) is 16.1 Å². The molecule has 1 aliphatic rings. The summed E-state index contributed by atoms with van der Waals surface area (Å²) in [4.78, 5) is 16.8. The van der Waals surface area contributed by atoms with Crippen molar-refractivity contribution in [3.8, 4) is 16.9 Å². The third-order valence-electron chi connectivity index (χ3n) is 5.80. The van der Waals surface area contributed by atoms with Gasteiger partial charge in [-0.05, 0) is 49.2 Å². The standard InChI is InChI=1S/C24H17Cl3F3N5O/c25-14-5-3-13(4-6-14)20-16-12-17(23(36)33-34-9-1-2-10-34)21(24(28,29)30)31-22(16)32-35(20)19-8-7-15(26)11-18(19)27/h3-8,11-12H,1-2,9-10H2,(H,33,36). The number of benzene rings is 2. The number of carbonyl (C=O) groups is 1. The van der Waals surface area contributed by atoms with Crippen LogP contribution < -0.4 is 5.43 Å². The average molecular weight is 555 g/mol. The topological polar surface area (TPSA) is 63.1 Å². The third-order valence-corrected chi connectivity index (χ3v) is 6.59. The summed E-state index contributed by atoms with van der Waals surface area (Å²) >= 11 is 18.5. The molecule has 36 heavy (non-hydrogen) atoms. The van der Waals surface area contributed by atoms with Gasteiger partial charge in [-0.15, -0.1) is 5.10 Å². The van der Waals surface area contributed by atoms with E-state index in [1.165, 1.54) is 16.8 Å². The quantitative estimate of drug-likeness (QED) is 0.301. The molecule has 3 heterocycles. The van der Waals surface area contributed by atoms with Gasteiger partial charge in [-0.25, -0.2) is 14.7 Å². The van der Waals surface area contributed by atoms with Crippen molar-refractivity contribution in [3.63, 3.8) is 0 Å². The molecule has 0 atom stereocenters. The summed E-state index contributed by atoms with van der Waals surface area (Å²) in [5.74, 6) is -0.891. The van der Waals surface area contributed by atoms with E-state index < -0.39 is 23.3 Å². The summed E-state index contributed by atoms with van der Waals surface area (Å²) in [5.41, 5.74) is 1.80. The van der Waals surface area contributed by atoms with E-state index in [9.17, 15) is 18.0 Å². The third kappa shape index (κ3) is 4.76. The van der Waals surface area contributed by atoms with Gasteiger partial charge in [0.05, 0.1) is 22.0 Å². The van der Waals surface area contributed by atoms with Crippen LogP contribution in [0, 0.1) is 0 Å². The molecule has 2 aromatic heterocycles. The van der Waals surface area contributed by atoms with E-state index >= 15 is 0 Å². The lowest BCUT2D eigenvalue weighted by atomic mass is 10.1. The first-order valence-electron chi connectivity index (χ1n) is 10.9. The number of nitrogens with zero attached hydrogens (tertiary/aromatic N) is 4. The van der Waals surface area contributed by atoms with Gasteiger partial charge in [0.2, 0.25) is 0 Å². The van der Waals surface area contributed by atoms with Crippen LogP contribution in [0.1, 0.15) is 28.9 Å². The van der Waals surface area contributed by atoms with E-state index in [1.807, 2.05) is 0 Å². The molecule has 6 nitrogen and oxygen atoms in total. The summed E-state index contributed by atoms with van der Waals surface area (Å²) in [6.07, 6.45) is -3.19. The van der Waals surface area contributed by atoms with E-state index in [4.69, 9.17) is 34.8 Å². The van der Waals surface area contributed by atoms with E-state index in [0.29, 0.717) is 40.1 Å². The Kier molecular flexibility index (Phi) is 6.59. The van der Waals surface area contributed by atoms with Crippen molar-refractivity contribution >= 4 is 51.7 Å². The van der Waals surface area contributed by atoms with Crippen molar-refractivity contribution in [1.29, 1.82) is 0 Å². The van der Waals surface area contributed by atoms with Gasteiger partial charge in [0.25, 0.3) is 5.91 Å². The molecule has 4 aromatic rings. The van der Waals surface area contributed by atoms with Crippen LogP contribution in [0.2, 0.25) is 15.1 Å². The monoisotopic (exact) mass is 553 g/mol. The molecular formula is C24H17Cl3F3N5O. The molecule has 0 unspecified atom stereocenters. The van der Waals surface area contributed by atoms with Crippen molar-refractivity contribution in [3.05, 3.63) is 74.9 Å². The van der Waals surface area contributed by atoms with Gasteiger partial charge in [0, 0.05) is 34.1 Å². The molecule has 0 aliphatic carbocycles. The summed E-state index contributed by atoms with van der Waals surface area (Å²) in [6.45, 7) is 1.12. The molecule has 1 N–H and O–H groups in total. The van der Waals surface area contributed by atoms with E-state index in [2.05, 4.69) is 15.5 Å². The summed E-state index contributed by atoms with van der Waals surface area (Å²) in [5, 5.41) is 7.28. The number of hydrogen-bond acceptors (Lipinski definition) is 4. The van der Waals surface area contributed by atoms with Gasteiger partial charge in [0.15, 0.2) is 11.3 Å². The lowest BCUT2D eigenvalue weighted by molar-refractivity contribution is -0.141. The Hall–Kier alpha value is -2.85. The fourth-order valence-corrected chi connectivity index (χ4v) is 4.76. The first kappa shape index (κ1) is 24.8. The Morgan fingerprint density at radius 1 is 0.944 bits per heavy atom. The Bertz CT molecular complexity index is 1460. The summed E-state index contributed by atoms with van der Waals surface area (Å²) in [6, 6.07) is 12.5. The fourth-order valence-electron chi connectivity index (χ4n) is 4.15. The number of alkyl halides is 3. The maximum absolute atomic E-state index is 14.0. The Morgan fingerprint density at radius 2 is 1.61 bits per heavy atom. The van der Waals surface area contributed by atoms with Gasteiger partial charge in [0.1, 0.15) is 0 Å². The van der Waals surface area contributed by atoms with Crippen molar-refractivity contribution in [2.75, 3.05) is 13.1 Å². The second-order valence-electron chi connectivity index (χ2n) is 8.25. The fraction of sp³-hybridized carbons (Fsp3) is 0.208. The zero-order valence-electron chi connectivity index (χ0n) is 18.4. The van der Waals surface area contributed by atoms with Gasteiger partial charge in [-0.1, -0.05) is 46.9 Å². The average Bonchev–Trinajstić information content (AvgIpc) is 3.45. The Labute approximate surface area is 218 Å². The van der Waals surface area contributed by atoms with Crippen molar-refractivity contribution in [2.24, 2.45) is 0 Å². The zero-order valence-corrected chi connectivity index (χ0v) is 20.7. The predicted octanol–water partition coefficient (Wildman–Crippen LogP) is 6.81. The van der Waals surface area contributed by atoms with Crippen LogP contribution in [0.4, 0.5) is 13.2 Å². The highest BCUT2D eigenvalue weighted by Crippen LogP contribution is 2.38. The number of halogens is 6. The lowest BCUT2D eigenvalue weighted by Crippen LogP contribution is -2.40. The van der Waals surface area contributed by atoms with Gasteiger partial charge in [-0.2, -0.15) is 13.2 Å². The number of pyridine rings is 1. The van der Waals surface area contributed by atoms with Crippen LogP contribution in [0.3, 0.4) is 0 Å². The number of hydrogen-bond donors (Lipinski definition) is 1. The van der Waals surface area contributed by atoms with Crippen molar-refractivity contribution < 1.29 is 18.0 Å². The van der Waals surface area contributed by atoms with Crippen LogP contribution in [0.25, 0.3) is 28.0 Å². The minimum absolute atomic E-state index is 0.198. The number of nitrogens with one attached hydrogen (secondary N) is 1. The number of fused-ring (bicyclic) bond motifs is 1. The molecule has 0 bridgehead atoms. The molecular weight excluding hydrogens is 538 g/mol. The molecule has 0 spiro atoms. The molecule has 1 fully saturated rings. The van der Waals surface area contributed by atoms with Gasteiger partial charge < -0.3 is 0 Å². The molecule has 1 aliphatic heterocycles. The van der Waals surface area contributed by atoms with Crippen LogP contribution in [-0.4, -0.2) is 38.8 Å². The minimum Gasteiger partial charge on any atom is -0.285 e. The number of amides is 1. The highest BCUT2D eigenvalue weighted by Gasteiger charge is 2.39. The summed E-state index contributed by atoms with van der Waals surface area (Å²) < 4.78 is 43.4. The number of aromatic nitrogens is 3. The Morgan fingerprint density at radius 3 is 2.25 bits per heavy atom. The maximum Gasteiger partial charge on any atom is 0.434 e. The molecule has 1 saturated heterocycles.